The molecule has 190 valence electrons. The molecule has 0 aliphatic rings. The predicted molar refractivity (Wildman–Crippen MR) is 145 cm³/mol. The van der Waals surface area contributed by atoms with E-state index in [2.05, 4.69) is 13.5 Å². The lowest BCUT2D eigenvalue weighted by Gasteiger charge is -2.27. The molecule has 1 aromatic heterocycles. The summed E-state index contributed by atoms with van der Waals surface area (Å²) in [5, 5.41) is 2.00. The Kier molecular flexibility index (Phi) is 10.1. The van der Waals surface area contributed by atoms with Crippen molar-refractivity contribution < 1.29 is 19.1 Å². The third-order valence-corrected chi connectivity index (χ3v) is 6.83. The van der Waals surface area contributed by atoms with Gasteiger partial charge in [-0.15, -0.1) is 17.9 Å². The number of hydrogen-bond acceptors (Lipinski definition) is 5. The highest BCUT2D eigenvalue weighted by atomic mass is 32.1. The third kappa shape index (κ3) is 7.21. The standard InChI is InChI=1S/C29H34N2O4S/c1-5-16-31(29(33)24-12-9-22(6-2)10-13-24)21-28(32)30(20-25-8-7-18-36-25)17-15-23-11-14-26(34-3)27(19-23)35-4/h5,7-14,18-19H,1,6,15-17,20-21H2,2-4H3. The highest BCUT2D eigenvalue weighted by Gasteiger charge is 2.22. The number of hydrogen-bond donors (Lipinski definition) is 0. The Morgan fingerprint density at radius 2 is 1.69 bits per heavy atom. The van der Waals surface area contributed by atoms with E-state index in [4.69, 9.17) is 9.47 Å². The molecule has 6 nitrogen and oxygen atoms in total. The van der Waals surface area contributed by atoms with Crippen molar-refractivity contribution in [3.63, 3.8) is 0 Å². The van der Waals surface area contributed by atoms with E-state index < -0.39 is 0 Å². The topological polar surface area (TPSA) is 59.1 Å². The lowest BCUT2D eigenvalue weighted by molar-refractivity contribution is -0.132. The van der Waals surface area contributed by atoms with Crippen LogP contribution in [0.25, 0.3) is 0 Å². The molecule has 0 N–H and O–H groups in total. The van der Waals surface area contributed by atoms with Gasteiger partial charge in [0.2, 0.25) is 5.91 Å². The number of carbonyl (C=O) groups excluding carboxylic acids is 2. The van der Waals surface area contributed by atoms with Crippen molar-refractivity contribution in [3.05, 3.63) is 94.2 Å². The van der Waals surface area contributed by atoms with Crippen LogP contribution in [0.2, 0.25) is 0 Å². The molecule has 0 radical (unpaired) electrons. The van der Waals surface area contributed by atoms with Crippen LogP contribution in [0.5, 0.6) is 11.5 Å². The van der Waals surface area contributed by atoms with Crippen molar-refractivity contribution in [1.29, 1.82) is 0 Å². The summed E-state index contributed by atoms with van der Waals surface area (Å²) < 4.78 is 10.8. The molecule has 36 heavy (non-hydrogen) atoms. The summed E-state index contributed by atoms with van der Waals surface area (Å²) in [4.78, 5) is 31.1. The van der Waals surface area contributed by atoms with Gasteiger partial charge in [0.15, 0.2) is 11.5 Å². The van der Waals surface area contributed by atoms with Gasteiger partial charge in [0.25, 0.3) is 5.91 Å². The van der Waals surface area contributed by atoms with Crippen LogP contribution in [0.4, 0.5) is 0 Å². The number of benzene rings is 2. The van der Waals surface area contributed by atoms with Crippen molar-refractivity contribution in [3.8, 4) is 11.5 Å². The van der Waals surface area contributed by atoms with Gasteiger partial charge >= 0.3 is 0 Å². The summed E-state index contributed by atoms with van der Waals surface area (Å²) >= 11 is 1.61. The molecule has 0 fully saturated rings. The van der Waals surface area contributed by atoms with Gasteiger partial charge < -0.3 is 19.3 Å². The van der Waals surface area contributed by atoms with Gasteiger partial charge in [-0.05, 0) is 59.7 Å². The van der Waals surface area contributed by atoms with Gasteiger partial charge in [-0.1, -0.05) is 37.3 Å². The van der Waals surface area contributed by atoms with Gasteiger partial charge in [0.05, 0.1) is 20.8 Å². The Hall–Kier alpha value is -3.58. The quantitative estimate of drug-likeness (QED) is 0.298. The number of nitrogens with zero attached hydrogens (tertiary/aromatic N) is 2. The van der Waals surface area contributed by atoms with E-state index in [-0.39, 0.29) is 18.4 Å². The van der Waals surface area contributed by atoms with E-state index >= 15 is 0 Å². The fraction of sp³-hybridized carbons (Fsp3) is 0.310. The fourth-order valence-electron chi connectivity index (χ4n) is 3.89. The largest absolute Gasteiger partial charge is 0.493 e. The molecule has 3 aromatic rings. The Morgan fingerprint density at radius 3 is 2.31 bits per heavy atom. The van der Waals surface area contributed by atoms with Crippen LogP contribution in [0.3, 0.4) is 0 Å². The Bertz CT molecular complexity index is 1140. The average molecular weight is 507 g/mol. The average Bonchev–Trinajstić information content (AvgIpc) is 3.43. The Labute approximate surface area is 217 Å². The first-order chi connectivity index (χ1) is 17.5. The third-order valence-electron chi connectivity index (χ3n) is 5.97. The summed E-state index contributed by atoms with van der Waals surface area (Å²) in [5.74, 6) is 1.03. The molecule has 0 saturated heterocycles. The number of rotatable bonds is 13. The lowest BCUT2D eigenvalue weighted by Crippen LogP contribution is -2.43. The van der Waals surface area contributed by atoms with Crippen LogP contribution < -0.4 is 9.47 Å². The number of thiophene rings is 1. The fourth-order valence-corrected chi connectivity index (χ4v) is 4.61. The van der Waals surface area contributed by atoms with Crippen LogP contribution >= 0.6 is 11.3 Å². The van der Waals surface area contributed by atoms with Crippen molar-refractivity contribution in [2.45, 2.75) is 26.3 Å². The SMILES string of the molecule is C=CCN(CC(=O)N(CCc1ccc(OC)c(OC)c1)Cc1cccs1)C(=O)c1ccc(CC)cc1. The van der Waals surface area contributed by atoms with E-state index in [0.29, 0.717) is 43.1 Å². The summed E-state index contributed by atoms with van der Waals surface area (Å²) in [6.07, 6.45) is 3.20. The van der Waals surface area contributed by atoms with Gasteiger partial charge in [0.1, 0.15) is 6.54 Å². The van der Waals surface area contributed by atoms with Gasteiger partial charge in [-0.3, -0.25) is 9.59 Å². The molecule has 7 heteroatoms. The number of methoxy groups -OCH3 is 2. The minimum atomic E-state index is -0.179. The molecule has 2 amide bonds. The monoisotopic (exact) mass is 506 g/mol. The first-order valence-corrected chi connectivity index (χ1v) is 12.9. The molecule has 0 unspecified atom stereocenters. The molecule has 0 aliphatic carbocycles. The highest BCUT2D eigenvalue weighted by molar-refractivity contribution is 7.09. The summed E-state index contributed by atoms with van der Waals surface area (Å²) in [6.45, 7) is 7.13. The zero-order chi connectivity index (χ0) is 25.9. The number of aryl methyl sites for hydroxylation is 1. The maximum atomic E-state index is 13.5. The second-order valence-corrected chi connectivity index (χ2v) is 9.39. The van der Waals surface area contributed by atoms with Crippen LogP contribution in [0, 0.1) is 0 Å². The van der Waals surface area contributed by atoms with Crippen LogP contribution in [-0.4, -0.2) is 55.5 Å². The van der Waals surface area contributed by atoms with Crippen LogP contribution in [-0.2, 0) is 24.2 Å². The molecule has 0 saturated carbocycles. The first-order valence-electron chi connectivity index (χ1n) is 12.0. The van der Waals surface area contributed by atoms with Crippen molar-refractivity contribution >= 4 is 23.2 Å². The Morgan fingerprint density at radius 1 is 0.972 bits per heavy atom. The number of amides is 2. The molecule has 0 atom stereocenters. The molecule has 3 rings (SSSR count). The minimum absolute atomic E-state index is 0.0162. The van der Waals surface area contributed by atoms with E-state index in [1.807, 2.05) is 64.9 Å². The van der Waals surface area contributed by atoms with Gasteiger partial charge in [-0.25, -0.2) is 0 Å². The lowest BCUT2D eigenvalue weighted by atomic mass is 10.1. The van der Waals surface area contributed by atoms with Crippen LogP contribution in [0.1, 0.15) is 33.3 Å². The molecule has 2 aromatic carbocycles. The molecule has 1 heterocycles. The van der Waals surface area contributed by atoms with Crippen molar-refractivity contribution in [1.82, 2.24) is 9.80 Å². The summed E-state index contributed by atoms with van der Waals surface area (Å²) in [5.41, 5.74) is 2.76. The second-order valence-electron chi connectivity index (χ2n) is 8.36. The summed E-state index contributed by atoms with van der Waals surface area (Å²) in [6, 6.07) is 17.3. The van der Waals surface area contributed by atoms with E-state index in [1.54, 1.807) is 36.5 Å². The molecule has 0 aliphatic heterocycles. The predicted octanol–water partition coefficient (Wildman–Crippen LogP) is 5.23. The van der Waals surface area contributed by atoms with Crippen LogP contribution in [0.15, 0.2) is 72.6 Å². The normalized spacial score (nSPS) is 10.5. The smallest absolute Gasteiger partial charge is 0.254 e. The van der Waals surface area contributed by atoms with Gasteiger partial charge in [0, 0.05) is 23.5 Å². The maximum Gasteiger partial charge on any atom is 0.254 e. The second kappa shape index (κ2) is 13.5. The minimum Gasteiger partial charge on any atom is -0.493 e. The number of carbonyl (C=O) groups is 2. The molecular formula is C29H34N2O4S. The zero-order valence-corrected chi connectivity index (χ0v) is 22.1. The van der Waals surface area contributed by atoms with E-state index in [0.717, 1.165) is 22.4 Å². The van der Waals surface area contributed by atoms with E-state index in [1.165, 1.54) is 0 Å². The van der Waals surface area contributed by atoms with Gasteiger partial charge in [-0.2, -0.15) is 0 Å². The zero-order valence-electron chi connectivity index (χ0n) is 21.2. The maximum absolute atomic E-state index is 13.5. The molecule has 0 bridgehead atoms. The number of ether oxygens (including phenoxy) is 2. The Balaban J connectivity index is 1.75. The highest BCUT2D eigenvalue weighted by Crippen LogP contribution is 2.28. The molecule has 0 spiro atoms. The van der Waals surface area contributed by atoms with E-state index in [9.17, 15) is 9.59 Å². The van der Waals surface area contributed by atoms with Crippen molar-refractivity contribution in [2.24, 2.45) is 0 Å². The molecular weight excluding hydrogens is 472 g/mol. The summed E-state index contributed by atoms with van der Waals surface area (Å²) in [7, 11) is 3.21. The van der Waals surface area contributed by atoms with Crippen molar-refractivity contribution in [2.75, 3.05) is 33.9 Å². The first kappa shape index (κ1) is 27.0.